The van der Waals surface area contributed by atoms with Crippen molar-refractivity contribution < 1.29 is 9.90 Å². The average Bonchev–Trinajstić information content (AvgIpc) is 2.60. The van der Waals surface area contributed by atoms with E-state index in [9.17, 15) is 4.79 Å². The van der Waals surface area contributed by atoms with Gasteiger partial charge in [0.15, 0.2) is 5.65 Å². The molecule has 2 aromatic heterocycles. The molecule has 0 spiro atoms. The van der Waals surface area contributed by atoms with E-state index >= 15 is 0 Å². The largest absolute Gasteiger partial charge is 0.478 e. The maximum atomic E-state index is 10.8. The van der Waals surface area contributed by atoms with Crippen LogP contribution in [0.4, 0.5) is 0 Å². The Labute approximate surface area is 92.7 Å². The fourth-order valence-corrected chi connectivity index (χ4v) is 1.57. The summed E-state index contributed by atoms with van der Waals surface area (Å²) in [5, 5.41) is 13.8. The highest BCUT2D eigenvalue weighted by Gasteiger charge is 2.09. The molecular weight excluding hydrogens is 206 g/mol. The molecule has 16 heavy (non-hydrogen) atoms. The zero-order chi connectivity index (χ0) is 11.7. The minimum Gasteiger partial charge on any atom is -0.478 e. The lowest BCUT2D eigenvalue weighted by molar-refractivity contribution is 0.0696. The quantitative estimate of drug-likeness (QED) is 0.854. The average molecular weight is 219 g/mol. The first kappa shape index (κ1) is 10.6. The molecule has 2 heterocycles. The lowest BCUT2D eigenvalue weighted by atomic mass is 10.2. The number of fused-ring (bicyclic) bond motifs is 1. The molecule has 0 aliphatic carbocycles. The van der Waals surface area contributed by atoms with Crippen LogP contribution in [0.1, 0.15) is 24.2 Å². The van der Waals surface area contributed by atoms with Crippen LogP contribution in [0.2, 0.25) is 0 Å². The summed E-state index contributed by atoms with van der Waals surface area (Å²) < 4.78 is 1.80. The van der Waals surface area contributed by atoms with Gasteiger partial charge < -0.3 is 5.11 Å². The predicted molar refractivity (Wildman–Crippen MR) is 59.3 cm³/mol. The SMILES string of the molecule is CC(C)Cn1ncc2cc(C(=O)O)cnc21. The van der Waals surface area contributed by atoms with Gasteiger partial charge in [0.2, 0.25) is 0 Å². The Hall–Kier alpha value is -1.91. The van der Waals surface area contributed by atoms with Crippen molar-refractivity contribution >= 4 is 17.0 Å². The minimum absolute atomic E-state index is 0.191. The predicted octanol–water partition coefficient (Wildman–Crippen LogP) is 1.79. The fourth-order valence-electron chi connectivity index (χ4n) is 1.57. The van der Waals surface area contributed by atoms with E-state index < -0.39 is 5.97 Å². The number of rotatable bonds is 3. The number of hydrogen-bond donors (Lipinski definition) is 1. The summed E-state index contributed by atoms with van der Waals surface area (Å²) >= 11 is 0. The van der Waals surface area contributed by atoms with E-state index in [2.05, 4.69) is 23.9 Å². The second-order valence-corrected chi connectivity index (χ2v) is 4.16. The summed E-state index contributed by atoms with van der Waals surface area (Å²) in [4.78, 5) is 14.9. The third kappa shape index (κ3) is 1.88. The Balaban J connectivity index is 2.46. The first-order valence-electron chi connectivity index (χ1n) is 5.13. The molecule has 0 bridgehead atoms. The van der Waals surface area contributed by atoms with Crippen LogP contribution in [-0.4, -0.2) is 25.8 Å². The summed E-state index contributed by atoms with van der Waals surface area (Å²) in [6.45, 7) is 4.97. The highest BCUT2D eigenvalue weighted by atomic mass is 16.4. The van der Waals surface area contributed by atoms with Gasteiger partial charge in [0.25, 0.3) is 0 Å². The molecule has 84 valence electrons. The zero-order valence-electron chi connectivity index (χ0n) is 9.21. The molecule has 0 aliphatic heterocycles. The van der Waals surface area contributed by atoms with E-state index in [1.807, 2.05) is 0 Å². The molecule has 1 N–H and O–H groups in total. The van der Waals surface area contributed by atoms with Crippen LogP contribution < -0.4 is 0 Å². The van der Waals surface area contributed by atoms with Gasteiger partial charge in [-0.1, -0.05) is 13.8 Å². The van der Waals surface area contributed by atoms with Gasteiger partial charge in [-0.05, 0) is 12.0 Å². The Morgan fingerprint density at radius 1 is 1.50 bits per heavy atom. The Kier molecular flexibility index (Phi) is 2.60. The van der Waals surface area contributed by atoms with Crippen molar-refractivity contribution in [1.29, 1.82) is 0 Å². The van der Waals surface area contributed by atoms with Gasteiger partial charge in [-0.2, -0.15) is 5.10 Å². The number of carboxylic acids is 1. The maximum absolute atomic E-state index is 10.8. The summed E-state index contributed by atoms with van der Waals surface area (Å²) in [7, 11) is 0. The number of nitrogens with zero attached hydrogens (tertiary/aromatic N) is 3. The van der Waals surface area contributed by atoms with Crippen molar-refractivity contribution in [1.82, 2.24) is 14.8 Å². The van der Waals surface area contributed by atoms with Crippen molar-refractivity contribution in [3.8, 4) is 0 Å². The number of carboxylic acid groups (broad SMARTS) is 1. The van der Waals surface area contributed by atoms with Crippen molar-refractivity contribution in [3.63, 3.8) is 0 Å². The molecule has 0 amide bonds. The molecule has 0 saturated carbocycles. The summed E-state index contributed by atoms with van der Waals surface area (Å²) in [6.07, 6.45) is 3.01. The summed E-state index contributed by atoms with van der Waals surface area (Å²) in [5.41, 5.74) is 0.926. The van der Waals surface area contributed by atoms with E-state index in [0.717, 1.165) is 17.6 Å². The van der Waals surface area contributed by atoms with Crippen LogP contribution in [-0.2, 0) is 6.54 Å². The molecule has 5 nitrogen and oxygen atoms in total. The molecule has 2 aromatic rings. The lowest BCUT2D eigenvalue weighted by Crippen LogP contribution is -2.06. The van der Waals surface area contributed by atoms with E-state index in [-0.39, 0.29) is 5.56 Å². The summed E-state index contributed by atoms with van der Waals surface area (Å²) in [5.74, 6) is -0.491. The monoisotopic (exact) mass is 219 g/mol. The van der Waals surface area contributed by atoms with Gasteiger partial charge in [0, 0.05) is 18.1 Å². The smallest absolute Gasteiger partial charge is 0.337 e. The molecule has 0 radical (unpaired) electrons. The van der Waals surface area contributed by atoms with Crippen molar-refractivity contribution in [2.24, 2.45) is 5.92 Å². The molecule has 0 aromatic carbocycles. The van der Waals surface area contributed by atoms with Crippen molar-refractivity contribution in [2.45, 2.75) is 20.4 Å². The first-order valence-corrected chi connectivity index (χ1v) is 5.13. The Morgan fingerprint density at radius 3 is 2.88 bits per heavy atom. The standard InChI is InChI=1S/C11H13N3O2/c1-7(2)6-14-10-8(5-13-14)3-9(4-12-10)11(15)16/h3-5,7H,6H2,1-2H3,(H,15,16). The minimum atomic E-state index is -0.967. The van der Waals surface area contributed by atoms with Crippen LogP contribution in [0.3, 0.4) is 0 Å². The molecule has 0 aliphatic rings. The molecular formula is C11H13N3O2. The van der Waals surface area contributed by atoms with Gasteiger partial charge in [-0.25, -0.2) is 14.5 Å². The highest BCUT2D eigenvalue weighted by molar-refractivity contribution is 5.91. The van der Waals surface area contributed by atoms with E-state index in [4.69, 9.17) is 5.11 Å². The number of carbonyl (C=O) groups is 1. The number of aromatic nitrogens is 3. The summed E-state index contributed by atoms with van der Waals surface area (Å²) in [6, 6.07) is 1.59. The van der Waals surface area contributed by atoms with Gasteiger partial charge in [0.05, 0.1) is 11.8 Å². The second-order valence-electron chi connectivity index (χ2n) is 4.16. The fraction of sp³-hybridized carbons (Fsp3) is 0.364. The van der Waals surface area contributed by atoms with Gasteiger partial charge >= 0.3 is 5.97 Å². The second kappa shape index (κ2) is 3.92. The normalized spacial score (nSPS) is 11.2. The van der Waals surface area contributed by atoms with Gasteiger partial charge in [-0.15, -0.1) is 0 Å². The maximum Gasteiger partial charge on any atom is 0.337 e. The Morgan fingerprint density at radius 2 is 2.25 bits per heavy atom. The Bertz CT molecular complexity index is 531. The molecule has 0 atom stereocenters. The van der Waals surface area contributed by atoms with Crippen LogP contribution in [0.25, 0.3) is 11.0 Å². The number of aromatic carboxylic acids is 1. The number of hydrogen-bond acceptors (Lipinski definition) is 3. The third-order valence-corrected chi connectivity index (χ3v) is 2.26. The van der Waals surface area contributed by atoms with Crippen LogP contribution in [0, 0.1) is 5.92 Å². The van der Waals surface area contributed by atoms with Gasteiger partial charge in [-0.3, -0.25) is 0 Å². The van der Waals surface area contributed by atoms with Crippen LogP contribution in [0.5, 0.6) is 0 Å². The highest BCUT2D eigenvalue weighted by Crippen LogP contribution is 2.14. The van der Waals surface area contributed by atoms with Gasteiger partial charge in [0.1, 0.15) is 0 Å². The molecule has 0 saturated heterocycles. The molecule has 0 unspecified atom stereocenters. The third-order valence-electron chi connectivity index (χ3n) is 2.26. The van der Waals surface area contributed by atoms with E-state index in [1.54, 1.807) is 16.9 Å². The van der Waals surface area contributed by atoms with Crippen LogP contribution >= 0.6 is 0 Å². The topological polar surface area (TPSA) is 68.0 Å². The van der Waals surface area contributed by atoms with E-state index in [0.29, 0.717) is 5.92 Å². The van der Waals surface area contributed by atoms with Crippen molar-refractivity contribution in [2.75, 3.05) is 0 Å². The number of pyridine rings is 1. The van der Waals surface area contributed by atoms with E-state index in [1.165, 1.54) is 6.20 Å². The molecule has 5 heteroatoms. The first-order chi connectivity index (χ1) is 7.58. The lowest BCUT2D eigenvalue weighted by Gasteiger charge is -2.05. The van der Waals surface area contributed by atoms with Crippen molar-refractivity contribution in [3.05, 3.63) is 24.0 Å². The van der Waals surface area contributed by atoms with Crippen LogP contribution in [0.15, 0.2) is 18.5 Å². The molecule has 2 rings (SSSR count). The molecule has 0 fully saturated rings. The zero-order valence-corrected chi connectivity index (χ0v) is 9.21.